The van der Waals surface area contributed by atoms with Crippen molar-refractivity contribution < 1.29 is 8.78 Å². The van der Waals surface area contributed by atoms with Gasteiger partial charge in [-0.05, 0) is 17.7 Å². The predicted molar refractivity (Wildman–Crippen MR) is 47.1 cm³/mol. The number of rotatable bonds is 2. The van der Waals surface area contributed by atoms with Crippen molar-refractivity contribution in [2.45, 2.75) is 6.04 Å². The first-order chi connectivity index (χ1) is 6.60. The molecule has 0 amide bonds. The molecule has 0 saturated carbocycles. The van der Waals surface area contributed by atoms with Gasteiger partial charge in [0, 0.05) is 12.6 Å². The first-order valence-corrected chi connectivity index (χ1v) is 3.94. The average molecular weight is 197 g/mol. The van der Waals surface area contributed by atoms with Gasteiger partial charge < -0.3 is 11.5 Å². The monoisotopic (exact) mass is 197 g/mol. The highest BCUT2D eigenvalue weighted by Crippen LogP contribution is 2.17. The molecule has 14 heavy (non-hydrogen) atoms. The van der Waals surface area contributed by atoms with E-state index in [1.54, 1.807) is 0 Å². The van der Waals surface area contributed by atoms with E-state index in [4.69, 9.17) is 16.7 Å². The number of nitrogens with zero attached hydrogens (tertiary/aromatic N) is 1. The fraction of sp³-hybridized carbons (Fsp3) is 0.222. The maximum absolute atomic E-state index is 13.0. The smallest absolute Gasteiger partial charge is 0.144 e. The van der Waals surface area contributed by atoms with Gasteiger partial charge in [-0.3, -0.25) is 0 Å². The van der Waals surface area contributed by atoms with Crippen LogP contribution in [0.2, 0.25) is 0 Å². The molecule has 4 N–H and O–H groups in total. The summed E-state index contributed by atoms with van der Waals surface area (Å²) in [6.07, 6.45) is 0. The molecule has 1 atom stereocenters. The third-order valence-corrected chi connectivity index (χ3v) is 1.86. The van der Waals surface area contributed by atoms with Crippen LogP contribution in [0, 0.1) is 23.0 Å². The molecule has 0 bridgehead atoms. The van der Waals surface area contributed by atoms with E-state index in [0.29, 0.717) is 0 Å². The van der Waals surface area contributed by atoms with Crippen molar-refractivity contribution in [3.8, 4) is 6.07 Å². The molecule has 1 rings (SSSR count). The molecular weight excluding hydrogens is 188 g/mol. The SMILES string of the molecule is N#Cc1c(F)cc([C@H](N)CN)cc1F. The van der Waals surface area contributed by atoms with E-state index in [9.17, 15) is 8.78 Å². The maximum Gasteiger partial charge on any atom is 0.144 e. The van der Waals surface area contributed by atoms with Crippen molar-refractivity contribution in [2.24, 2.45) is 11.5 Å². The lowest BCUT2D eigenvalue weighted by Crippen LogP contribution is -2.21. The van der Waals surface area contributed by atoms with Crippen molar-refractivity contribution in [1.29, 1.82) is 5.26 Å². The highest BCUT2D eigenvalue weighted by Gasteiger charge is 2.13. The van der Waals surface area contributed by atoms with E-state index in [-0.39, 0.29) is 12.1 Å². The van der Waals surface area contributed by atoms with Gasteiger partial charge in [-0.25, -0.2) is 8.78 Å². The van der Waals surface area contributed by atoms with E-state index < -0.39 is 23.2 Å². The minimum atomic E-state index is -0.911. The highest BCUT2D eigenvalue weighted by atomic mass is 19.1. The lowest BCUT2D eigenvalue weighted by Gasteiger charge is -2.09. The van der Waals surface area contributed by atoms with Crippen LogP contribution in [0.3, 0.4) is 0 Å². The van der Waals surface area contributed by atoms with E-state index in [2.05, 4.69) is 0 Å². The second-order valence-electron chi connectivity index (χ2n) is 2.81. The Morgan fingerprint density at radius 1 is 1.36 bits per heavy atom. The number of hydrogen-bond acceptors (Lipinski definition) is 3. The topological polar surface area (TPSA) is 75.8 Å². The van der Waals surface area contributed by atoms with Gasteiger partial charge in [0.15, 0.2) is 0 Å². The lowest BCUT2D eigenvalue weighted by molar-refractivity contribution is 0.567. The van der Waals surface area contributed by atoms with Crippen molar-refractivity contribution in [1.82, 2.24) is 0 Å². The van der Waals surface area contributed by atoms with Crippen LogP contribution in [0.15, 0.2) is 12.1 Å². The zero-order valence-corrected chi connectivity index (χ0v) is 7.30. The number of nitrogens with two attached hydrogens (primary N) is 2. The molecule has 1 aromatic carbocycles. The summed E-state index contributed by atoms with van der Waals surface area (Å²) in [7, 11) is 0. The number of benzene rings is 1. The average Bonchev–Trinajstić information content (AvgIpc) is 2.16. The van der Waals surface area contributed by atoms with Gasteiger partial charge in [-0.1, -0.05) is 0 Å². The highest BCUT2D eigenvalue weighted by molar-refractivity contribution is 5.36. The molecule has 0 spiro atoms. The van der Waals surface area contributed by atoms with Crippen molar-refractivity contribution in [3.63, 3.8) is 0 Å². The third kappa shape index (κ3) is 1.87. The van der Waals surface area contributed by atoms with Gasteiger partial charge >= 0.3 is 0 Å². The molecule has 5 heteroatoms. The minimum absolute atomic E-state index is 0.0881. The summed E-state index contributed by atoms with van der Waals surface area (Å²) in [4.78, 5) is 0. The first-order valence-electron chi connectivity index (χ1n) is 3.94. The Balaban J connectivity index is 3.22. The van der Waals surface area contributed by atoms with Gasteiger partial charge in [-0.2, -0.15) is 5.26 Å². The van der Waals surface area contributed by atoms with E-state index in [1.807, 2.05) is 0 Å². The molecule has 0 fully saturated rings. The molecule has 0 aliphatic heterocycles. The molecule has 0 aliphatic rings. The molecule has 0 aliphatic carbocycles. The Bertz CT molecular complexity index is 361. The van der Waals surface area contributed by atoms with Crippen LogP contribution in [0.25, 0.3) is 0 Å². The molecule has 74 valence electrons. The van der Waals surface area contributed by atoms with Gasteiger partial charge in [0.25, 0.3) is 0 Å². The van der Waals surface area contributed by atoms with E-state index in [0.717, 1.165) is 12.1 Å². The summed E-state index contributed by atoms with van der Waals surface area (Å²) in [6, 6.07) is 2.86. The Labute approximate surface area is 79.9 Å². The molecule has 0 aromatic heterocycles. The third-order valence-electron chi connectivity index (χ3n) is 1.86. The number of nitriles is 1. The molecule has 0 radical (unpaired) electrons. The van der Waals surface area contributed by atoms with Crippen LogP contribution in [0.4, 0.5) is 8.78 Å². The lowest BCUT2D eigenvalue weighted by atomic mass is 10.0. The summed E-state index contributed by atoms with van der Waals surface area (Å²) < 4.78 is 26.1. The molecule has 0 saturated heterocycles. The second kappa shape index (κ2) is 4.13. The van der Waals surface area contributed by atoms with Crippen LogP contribution in [-0.4, -0.2) is 6.54 Å². The standard InChI is InChI=1S/C9H9F2N3/c10-7-1-5(9(14)4-13)2-8(11)6(7)3-12/h1-2,9H,4,13-14H2/t9-/m1/s1. The largest absolute Gasteiger partial charge is 0.329 e. The zero-order chi connectivity index (χ0) is 10.7. The quantitative estimate of drug-likeness (QED) is 0.736. The normalized spacial score (nSPS) is 12.2. The van der Waals surface area contributed by atoms with Crippen LogP contribution >= 0.6 is 0 Å². The molecular formula is C9H9F2N3. The number of halogens is 2. The van der Waals surface area contributed by atoms with Gasteiger partial charge in [0.2, 0.25) is 0 Å². The van der Waals surface area contributed by atoms with Crippen molar-refractivity contribution >= 4 is 0 Å². The van der Waals surface area contributed by atoms with Crippen molar-refractivity contribution in [2.75, 3.05) is 6.54 Å². The summed E-state index contributed by atoms with van der Waals surface area (Å²) in [5.74, 6) is -1.82. The van der Waals surface area contributed by atoms with Crippen LogP contribution < -0.4 is 11.5 Å². The summed E-state index contributed by atoms with van der Waals surface area (Å²) in [6.45, 7) is 0.0881. The van der Waals surface area contributed by atoms with Gasteiger partial charge in [0.05, 0.1) is 0 Å². The van der Waals surface area contributed by atoms with E-state index >= 15 is 0 Å². The summed E-state index contributed by atoms with van der Waals surface area (Å²) in [5, 5.41) is 8.40. The Morgan fingerprint density at radius 3 is 2.21 bits per heavy atom. The molecule has 0 heterocycles. The Morgan fingerprint density at radius 2 is 1.86 bits per heavy atom. The molecule has 0 unspecified atom stereocenters. The predicted octanol–water partition coefficient (Wildman–Crippen LogP) is 0.795. The van der Waals surface area contributed by atoms with Crippen LogP contribution in [0.5, 0.6) is 0 Å². The maximum atomic E-state index is 13.0. The van der Waals surface area contributed by atoms with Crippen LogP contribution in [0.1, 0.15) is 17.2 Å². The molecule has 1 aromatic rings. The minimum Gasteiger partial charge on any atom is -0.329 e. The van der Waals surface area contributed by atoms with Gasteiger partial charge in [-0.15, -0.1) is 0 Å². The first kappa shape index (κ1) is 10.6. The second-order valence-corrected chi connectivity index (χ2v) is 2.81. The number of hydrogen-bond donors (Lipinski definition) is 2. The Hall–Kier alpha value is -1.51. The Kier molecular flexibility index (Phi) is 3.12. The summed E-state index contributed by atoms with van der Waals surface area (Å²) in [5.41, 5.74) is 10.4. The van der Waals surface area contributed by atoms with Crippen LogP contribution in [-0.2, 0) is 0 Å². The van der Waals surface area contributed by atoms with E-state index in [1.165, 1.54) is 6.07 Å². The fourth-order valence-corrected chi connectivity index (χ4v) is 1.05. The summed E-state index contributed by atoms with van der Waals surface area (Å²) >= 11 is 0. The fourth-order valence-electron chi connectivity index (χ4n) is 1.05. The zero-order valence-electron chi connectivity index (χ0n) is 7.30. The van der Waals surface area contributed by atoms with Gasteiger partial charge in [0.1, 0.15) is 23.3 Å². The van der Waals surface area contributed by atoms with Crippen molar-refractivity contribution in [3.05, 3.63) is 34.9 Å². The molecule has 3 nitrogen and oxygen atoms in total.